The Morgan fingerprint density at radius 3 is 2.90 bits per heavy atom. The van der Waals surface area contributed by atoms with Gasteiger partial charge in [-0.3, -0.25) is 9.67 Å². The van der Waals surface area contributed by atoms with Crippen molar-refractivity contribution in [1.82, 2.24) is 20.1 Å². The fourth-order valence-corrected chi connectivity index (χ4v) is 3.11. The lowest BCUT2D eigenvalue weighted by molar-refractivity contribution is 0.343. The van der Waals surface area contributed by atoms with Gasteiger partial charge in [-0.15, -0.1) is 0 Å². The van der Waals surface area contributed by atoms with Gasteiger partial charge in [-0.1, -0.05) is 18.2 Å². The van der Waals surface area contributed by atoms with Crippen LogP contribution in [0, 0.1) is 0 Å². The fourth-order valence-electron chi connectivity index (χ4n) is 3.11. The molecule has 2 aromatic heterocycles. The highest BCUT2D eigenvalue weighted by Crippen LogP contribution is 2.29. The summed E-state index contributed by atoms with van der Waals surface area (Å²) in [7, 11) is 0. The molecular weight excluding hydrogens is 260 g/mol. The molecule has 0 aliphatic carbocycles. The van der Waals surface area contributed by atoms with E-state index >= 15 is 0 Å². The van der Waals surface area contributed by atoms with E-state index in [2.05, 4.69) is 50.5 Å². The topological polar surface area (TPSA) is 42.7 Å². The van der Waals surface area contributed by atoms with Gasteiger partial charge in [0, 0.05) is 29.5 Å². The van der Waals surface area contributed by atoms with Gasteiger partial charge in [0.2, 0.25) is 0 Å². The quantitative estimate of drug-likeness (QED) is 0.783. The van der Waals surface area contributed by atoms with Crippen molar-refractivity contribution in [3.05, 3.63) is 49.1 Å². The van der Waals surface area contributed by atoms with E-state index in [-0.39, 0.29) is 0 Å². The van der Waals surface area contributed by atoms with Crippen LogP contribution in [0.1, 0.15) is 18.9 Å². The molecule has 0 saturated carbocycles. The van der Waals surface area contributed by atoms with Crippen molar-refractivity contribution in [3.8, 4) is 11.1 Å². The molecule has 0 atom stereocenters. The van der Waals surface area contributed by atoms with Gasteiger partial charge in [-0.25, -0.2) is 0 Å². The van der Waals surface area contributed by atoms with Gasteiger partial charge in [-0.05, 0) is 42.9 Å². The average Bonchev–Trinajstić information content (AvgIpc) is 3.05. The predicted octanol–water partition coefficient (Wildman–Crippen LogP) is 3.02. The smallest absolute Gasteiger partial charge is 0.0568 e. The molecule has 4 rings (SSSR count). The molecule has 0 bridgehead atoms. The van der Waals surface area contributed by atoms with Gasteiger partial charge in [0.25, 0.3) is 0 Å². The van der Waals surface area contributed by atoms with Crippen LogP contribution >= 0.6 is 0 Å². The first-order chi connectivity index (χ1) is 10.4. The molecule has 21 heavy (non-hydrogen) atoms. The van der Waals surface area contributed by atoms with Gasteiger partial charge in [0.1, 0.15) is 0 Å². The second-order valence-electron chi connectivity index (χ2n) is 5.59. The van der Waals surface area contributed by atoms with Crippen LogP contribution in [0.2, 0.25) is 0 Å². The molecule has 1 aliphatic rings. The summed E-state index contributed by atoms with van der Waals surface area (Å²) >= 11 is 0. The summed E-state index contributed by atoms with van der Waals surface area (Å²) in [6.45, 7) is 2.16. The molecule has 1 saturated heterocycles. The zero-order chi connectivity index (χ0) is 14.1. The summed E-state index contributed by atoms with van der Waals surface area (Å²) in [4.78, 5) is 4.26. The Morgan fingerprint density at radius 2 is 2.00 bits per heavy atom. The number of rotatable bonds is 2. The normalized spacial score (nSPS) is 16.4. The van der Waals surface area contributed by atoms with E-state index in [1.54, 1.807) is 0 Å². The van der Waals surface area contributed by atoms with Crippen LogP contribution in [0.15, 0.2) is 49.1 Å². The van der Waals surface area contributed by atoms with Gasteiger partial charge < -0.3 is 5.32 Å². The molecule has 0 radical (unpaired) electrons. The van der Waals surface area contributed by atoms with Crippen LogP contribution in [0.25, 0.3) is 21.9 Å². The summed E-state index contributed by atoms with van der Waals surface area (Å²) in [5.74, 6) is 0. The standard InChI is InChI=1S/C17H18N4/c1-2-13-4-7-19-11-17(13)16(3-1)14-10-20-21(12-14)15-5-8-18-9-6-15/h1-4,7,10-12,15,18H,5-6,8-9H2. The van der Waals surface area contributed by atoms with Crippen LogP contribution in [0.3, 0.4) is 0 Å². The van der Waals surface area contributed by atoms with Crippen molar-refractivity contribution >= 4 is 10.8 Å². The van der Waals surface area contributed by atoms with Crippen molar-refractivity contribution in [2.75, 3.05) is 13.1 Å². The molecule has 1 aromatic carbocycles. The van der Waals surface area contributed by atoms with Crippen molar-refractivity contribution in [1.29, 1.82) is 0 Å². The van der Waals surface area contributed by atoms with Crippen molar-refractivity contribution in [2.45, 2.75) is 18.9 Å². The number of benzene rings is 1. The van der Waals surface area contributed by atoms with Crippen molar-refractivity contribution in [3.63, 3.8) is 0 Å². The average molecular weight is 278 g/mol. The van der Waals surface area contributed by atoms with Crippen LogP contribution in [0.5, 0.6) is 0 Å². The second kappa shape index (κ2) is 5.30. The molecule has 4 heteroatoms. The first kappa shape index (κ1) is 12.5. The number of fused-ring (bicyclic) bond motifs is 1. The molecule has 3 aromatic rings. The van der Waals surface area contributed by atoms with Crippen LogP contribution in [0.4, 0.5) is 0 Å². The first-order valence-corrected chi connectivity index (χ1v) is 7.50. The third-order valence-corrected chi connectivity index (χ3v) is 4.28. The van der Waals surface area contributed by atoms with E-state index in [1.807, 2.05) is 18.6 Å². The SMILES string of the molecule is c1cc(-c2cnn(C3CCNCC3)c2)c2cnccc2c1. The van der Waals surface area contributed by atoms with E-state index in [0.717, 1.165) is 25.9 Å². The summed E-state index contributed by atoms with van der Waals surface area (Å²) in [5, 5.41) is 10.4. The molecule has 4 nitrogen and oxygen atoms in total. The molecule has 1 aliphatic heterocycles. The highest BCUT2D eigenvalue weighted by atomic mass is 15.3. The number of hydrogen-bond acceptors (Lipinski definition) is 3. The first-order valence-electron chi connectivity index (χ1n) is 7.50. The Hall–Kier alpha value is -2.20. The summed E-state index contributed by atoms with van der Waals surface area (Å²) in [6.07, 6.45) is 10.2. The van der Waals surface area contributed by atoms with E-state index < -0.39 is 0 Å². The van der Waals surface area contributed by atoms with E-state index in [4.69, 9.17) is 0 Å². The Morgan fingerprint density at radius 1 is 1.10 bits per heavy atom. The number of pyridine rings is 1. The minimum absolute atomic E-state index is 0.521. The van der Waals surface area contributed by atoms with E-state index in [1.165, 1.54) is 21.9 Å². The number of piperidine rings is 1. The molecule has 106 valence electrons. The minimum Gasteiger partial charge on any atom is -0.317 e. The van der Waals surface area contributed by atoms with Gasteiger partial charge in [-0.2, -0.15) is 5.10 Å². The zero-order valence-corrected chi connectivity index (χ0v) is 11.9. The Bertz CT molecular complexity index is 751. The van der Waals surface area contributed by atoms with Gasteiger partial charge in [0.05, 0.1) is 12.2 Å². The maximum absolute atomic E-state index is 4.59. The Kier molecular flexibility index (Phi) is 3.16. The van der Waals surface area contributed by atoms with E-state index in [0.29, 0.717) is 6.04 Å². The third-order valence-electron chi connectivity index (χ3n) is 4.28. The lowest BCUT2D eigenvalue weighted by Gasteiger charge is -2.22. The van der Waals surface area contributed by atoms with Crippen molar-refractivity contribution < 1.29 is 0 Å². The molecular formula is C17H18N4. The van der Waals surface area contributed by atoms with E-state index in [9.17, 15) is 0 Å². The van der Waals surface area contributed by atoms with Gasteiger partial charge >= 0.3 is 0 Å². The predicted molar refractivity (Wildman–Crippen MR) is 84.1 cm³/mol. The summed E-state index contributed by atoms with van der Waals surface area (Å²) in [5.41, 5.74) is 2.38. The molecule has 1 N–H and O–H groups in total. The summed E-state index contributed by atoms with van der Waals surface area (Å²) in [6, 6.07) is 8.94. The third kappa shape index (κ3) is 2.32. The van der Waals surface area contributed by atoms with Crippen LogP contribution < -0.4 is 5.32 Å². The lowest BCUT2D eigenvalue weighted by Crippen LogP contribution is -2.29. The lowest BCUT2D eigenvalue weighted by atomic mass is 10.0. The largest absolute Gasteiger partial charge is 0.317 e. The number of nitrogens with one attached hydrogen (secondary N) is 1. The number of hydrogen-bond donors (Lipinski definition) is 1. The Labute approximate surface area is 123 Å². The molecule has 0 unspecified atom stereocenters. The second-order valence-corrected chi connectivity index (χ2v) is 5.59. The van der Waals surface area contributed by atoms with Gasteiger partial charge in [0.15, 0.2) is 0 Å². The molecule has 0 spiro atoms. The van der Waals surface area contributed by atoms with Crippen LogP contribution in [-0.2, 0) is 0 Å². The minimum atomic E-state index is 0.521. The monoisotopic (exact) mass is 278 g/mol. The van der Waals surface area contributed by atoms with Crippen LogP contribution in [-0.4, -0.2) is 27.9 Å². The molecule has 0 amide bonds. The summed E-state index contributed by atoms with van der Waals surface area (Å²) < 4.78 is 2.13. The molecule has 1 fully saturated rings. The maximum Gasteiger partial charge on any atom is 0.0568 e. The Balaban J connectivity index is 1.74. The van der Waals surface area contributed by atoms with Crippen molar-refractivity contribution in [2.24, 2.45) is 0 Å². The number of nitrogens with zero attached hydrogens (tertiary/aromatic N) is 3. The highest BCUT2D eigenvalue weighted by Gasteiger charge is 2.16. The number of aromatic nitrogens is 3. The zero-order valence-electron chi connectivity index (χ0n) is 11.9. The molecule has 3 heterocycles. The maximum atomic E-state index is 4.59. The highest BCUT2D eigenvalue weighted by molar-refractivity contribution is 5.95. The fraction of sp³-hybridized carbons (Fsp3) is 0.294.